The highest BCUT2D eigenvalue weighted by molar-refractivity contribution is 6.06. The zero-order valence-electron chi connectivity index (χ0n) is 23.7. The second kappa shape index (κ2) is 9.80. The van der Waals surface area contributed by atoms with E-state index in [0.717, 1.165) is 72.3 Å². The highest BCUT2D eigenvalue weighted by atomic mass is 16.5. The van der Waals surface area contributed by atoms with E-state index in [1.807, 2.05) is 48.5 Å². The Balaban J connectivity index is 1.27. The molecule has 0 aliphatic heterocycles. The van der Waals surface area contributed by atoms with E-state index in [9.17, 15) is 9.59 Å². The normalized spacial score (nSPS) is 35.9. The molecule has 4 saturated carbocycles. The molecule has 0 unspecified atom stereocenters. The fourth-order valence-corrected chi connectivity index (χ4v) is 8.74. The molecule has 0 aromatic heterocycles. The lowest BCUT2D eigenvalue weighted by molar-refractivity contribution is -0.139. The van der Waals surface area contributed by atoms with Gasteiger partial charge in [-0.1, -0.05) is 38.1 Å². The zero-order valence-corrected chi connectivity index (χ0v) is 23.7. The highest BCUT2D eigenvalue weighted by Gasteiger charge is 2.61. The van der Waals surface area contributed by atoms with Gasteiger partial charge < -0.3 is 9.47 Å². The largest absolute Gasteiger partial charge is 0.497 e. The summed E-state index contributed by atoms with van der Waals surface area (Å²) in [5.41, 5.74) is 3.90. The fourth-order valence-electron chi connectivity index (χ4n) is 8.74. The number of carbonyl (C=O) groups is 2. The van der Waals surface area contributed by atoms with E-state index < -0.39 is 0 Å². The molecular weight excluding hydrogens is 484 g/mol. The number of methoxy groups -OCH3 is 2. The average Bonchev–Trinajstić information content (AvgIpc) is 3.20. The number of hydrogen-bond donors (Lipinski definition) is 0. The van der Waals surface area contributed by atoms with Gasteiger partial charge >= 0.3 is 0 Å². The Hall–Kier alpha value is -3.14. The van der Waals surface area contributed by atoms with Crippen LogP contribution in [0, 0.1) is 34.5 Å². The number of benzene rings is 2. The second-order valence-corrected chi connectivity index (χ2v) is 12.8. The highest BCUT2D eigenvalue weighted by Crippen LogP contribution is 2.66. The van der Waals surface area contributed by atoms with Crippen LogP contribution in [0.3, 0.4) is 0 Å². The van der Waals surface area contributed by atoms with Crippen molar-refractivity contribution in [2.45, 2.75) is 58.8 Å². The first-order valence-electron chi connectivity index (χ1n) is 14.5. The maximum atomic E-state index is 13.8. The van der Waals surface area contributed by atoms with Crippen molar-refractivity contribution < 1.29 is 19.1 Å². The first kappa shape index (κ1) is 26.1. The van der Waals surface area contributed by atoms with E-state index in [0.29, 0.717) is 41.7 Å². The molecule has 0 spiro atoms. The minimum atomic E-state index is -0.269. The molecule has 39 heavy (non-hydrogen) atoms. The lowest BCUT2D eigenvalue weighted by Crippen LogP contribution is -2.54. The monoisotopic (exact) mass is 524 g/mol. The van der Waals surface area contributed by atoms with Crippen LogP contribution in [0.25, 0.3) is 12.2 Å². The summed E-state index contributed by atoms with van der Waals surface area (Å²) in [6, 6.07) is 16.0. The van der Waals surface area contributed by atoms with Crippen molar-refractivity contribution in [2.24, 2.45) is 34.5 Å². The number of Topliss-reactive ketones (excluding diaryl/α,β-unsaturated/α-hetero) is 2. The molecule has 4 fully saturated rings. The Morgan fingerprint density at radius 2 is 1.33 bits per heavy atom. The van der Waals surface area contributed by atoms with Crippen molar-refractivity contribution in [3.05, 3.63) is 70.8 Å². The van der Waals surface area contributed by atoms with Gasteiger partial charge in [0, 0.05) is 11.8 Å². The Morgan fingerprint density at radius 1 is 0.744 bits per heavy atom. The number of ether oxygens (including phenoxy) is 2. The maximum Gasteiger partial charge on any atom is 0.165 e. The first-order valence-corrected chi connectivity index (χ1v) is 14.5. The molecule has 4 aliphatic carbocycles. The topological polar surface area (TPSA) is 52.6 Å². The summed E-state index contributed by atoms with van der Waals surface area (Å²) < 4.78 is 10.6. The summed E-state index contributed by atoms with van der Waals surface area (Å²) in [6.45, 7) is 4.69. The van der Waals surface area contributed by atoms with Gasteiger partial charge in [0.25, 0.3) is 0 Å². The number of rotatable bonds is 4. The van der Waals surface area contributed by atoms with E-state index in [1.54, 1.807) is 14.2 Å². The van der Waals surface area contributed by atoms with Crippen LogP contribution in [0.2, 0.25) is 0 Å². The standard InChI is InChI=1S/C35H40O4/c1-34-16-15-30-29(31(34)19-24(33(34)37)17-22-5-10-27(38-3)11-6-22)14-9-26-20-32(36)25(21-35(26,30)2)18-23-7-12-28(39-4)13-8-23/h5-8,10-13,17-18,26,29-31H,9,14-16,19-21H2,1-4H3/b24-17+,25-18-/t26-,29+,30-,31-,34-,35-/m0/s1. The van der Waals surface area contributed by atoms with Crippen LogP contribution < -0.4 is 9.47 Å². The Bertz CT molecular complexity index is 1330. The molecule has 0 heterocycles. The Labute approximate surface area is 232 Å². The summed E-state index contributed by atoms with van der Waals surface area (Å²) in [5, 5.41) is 0. The molecule has 4 aliphatic rings. The molecule has 0 bridgehead atoms. The van der Waals surface area contributed by atoms with Gasteiger partial charge in [0.15, 0.2) is 11.6 Å². The van der Waals surface area contributed by atoms with Gasteiger partial charge in [0.2, 0.25) is 0 Å². The molecular formula is C35H40O4. The molecule has 6 atom stereocenters. The van der Waals surface area contributed by atoms with E-state index >= 15 is 0 Å². The fraction of sp³-hybridized carbons (Fsp3) is 0.486. The van der Waals surface area contributed by atoms with Gasteiger partial charge in [-0.3, -0.25) is 9.59 Å². The number of ketones is 2. The van der Waals surface area contributed by atoms with Crippen LogP contribution in [0.4, 0.5) is 0 Å². The summed E-state index contributed by atoms with van der Waals surface area (Å²) >= 11 is 0. The van der Waals surface area contributed by atoms with Crippen molar-refractivity contribution >= 4 is 23.7 Å². The van der Waals surface area contributed by atoms with Gasteiger partial charge in [0.1, 0.15) is 11.5 Å². The zero-order chi connectivity index (χ0) is 27.4. The van der Waals surface area contributed by atoms with Crippen molar-refractivity contribution in [2.75, 3.05) is 14.2 Å². The minimum absolute atomic E-state index is 0.0992. The number of carbonyl (C=O) groups excluding carboxylic acids is 2. The minimum Gasteiger partial charge on any atom is -0.497 e. The lowest BCUT2D eigenvalue weighted by atomic mass is 9.45. The maximum absolute atomic E-state index is 13.8. The number of hydrogen-bond acceptors (Lipinski definition) is 4. The number of fused-ring (bicyclic) bond motifs is 5. The summed E-state index contributed by atoms with van der Waals surface area (Å²) in [7, 11) is 3.34. The summed E-state index contributed by atoms with van der Waals surface area (Å²) in [6.07, 6.45) is 10.9. The van der Waals surface area contributed by atoms with E-state index in [-0.39, 0.29) is 10.8 Å². The molecule has 0 radical (unpaired) electrons. The van der Waals surface area contributed by atoms with Crippen LogP contribution in [-0.4, -0.2) is 25.8 Å². The SMILES string of the molecule is COc1ccc(/C=C2/C[C@@]3(C)[C@@H](CC[C@@H]4[C@@H]3CC[C@]3(C)C(=O)/C(=C/c5ccc(OC)cc5)C[C@@H]43)CC2=O)cc1. The molecule has 204 valence electrons. The van der Waals surface area contributed by atoms with Crippen molar-refractivity contribution in [3.63, 3.8) is 0 Å². The van der Waals surface area contributed by atoms with Crippen LogP contribution in [0.15, 0.2) is 59.7 Å². The molecule has 4 nitrogen and oxygen atoms in total. The van der Waals surface area contributed by atoms with Gasteiger partial charge in [-0.25, -0.2) is 0 Å². The van der Waals surface area contributed by atoms with Gasteiger partial charge in [-0.2, -0.15) is 0 Å². The van der Waals surface area contributed by atoms with E-state index in [2.05, 4.69) is 26.0 Å². The summed E-state index contributed by atoms with van der Waals surface area (Å²) in [4.78, 5) is 27.1. The molecule has 2 aromatic rings. The number of allylic oxidation sites excluding steroid dienone is 2. The van der Waals surface area contributed by atoms with Crippen LogP contribution >= 0.6 is 0 Å². The van der Waals surface area contributed by atoms with Crippen molar-refractivity contribution in [3.8, 4) is 11.5 Å². The van der Waals surface area contributed by atoms with Crippen LogP contribution in [0.5, 0.6) is 11.5 Å². The molecule has 0 N–H and O–H groups in total. The van der Waals surface area contributed by atoms with Gasteiger partial charge in [-0.15, -0.1) is 0 Å². The van der Waals surface area contributed by atoms with Crippen molar-refractivity contribution in [1.82, 2.24) is 0 Å². The third kappa shape index (κ3) is 4.37. The first-order chi connectivity index (χ1) is 18.7. The van der Waals surface area contributed by atoms with Crippen LogP contribution in [-0.2, 0) is 9.59 Å². The van der Waals surface area contributed by atoms with Crippen LogP contribution in [0.1, 0.15) is 69.9 Å². The quantitative estimate of drug-likeness (QED) is 0.387. The van der Waals surface area contributed by atoms with Gasteiger partial charge in [-0.05, 0) is 126 Å². The molecule has 0 saturated heterocycles. The third-order valence-electron chi connectivity index (χ3n) is 11.0. The van der Waals surface area contributed by atoms with Gasteiger partial charge in [0.05, 0.1) is 14.2 Å². The molecule has 0 amide bonds. The molecule has 6 rings (SSSR count). The second-order valence-electron chi connectivity index (χ2n) is 12.8. The molecule has 4 heteroatoms. The Kier molecular flexibility index (Phi) is 6.56. The predicted octanol–water partition coefficient (Wildman–Crippen LogP) is 7.57. The lowest BCUT2D eigenvalue weighted by Gasteiger charge is -2.59. The average molecular weight is 525 g/mol. The van der Waals surface area contributed by atoms with E-state index in [1.165, 1.54) is 0 Å². The summed E-state index contributed by atoms with van der Waals surface area (Å²) in [5.74, 6) is 4.23. The smallest absolute Gasteiger partial charge is 0.165 e. The Morgan fingerprint density at radius 3 is 1.92 bits per heavy atom. The molecule has 2 aromatic carbocycles. The third-order valence-corrected chi connectivity index (χ3v) is 11.0. The predicted molar refractivity (Wildman–Crippen MR) is 154 cm³/mol. The van der Waals surface area contributed by atoms with Crippen molar-refractivity contribution in [1.29, 1.82) is 0 Å². The van der Waals surface area contributed by atoms with E-state index in [4.69, 9.17) is 9.47 Å².